The van der Waals surface area contributed by atoms with Crippen LogP contribution < -0.4 is 5.32 Å². The van der Waals surface area contributed by atoms with E-state index in [1.807, 2.05) is 6.07 Å². The first-order chi connectivity index (χ1) is 13.0. The van der Waals surface area contributed by atoms with Crippen LogP contribution in [0, 0.1) is 6.92 Å². The zero-order valence-electron chi connectivity index (χ0n) is 14.3. The third-order valence-corrected chi connectivity index (χ3v) is 3.97. The molecule has 2 aromatic carbocycles. The Morgan fingerprint density at radius 3 is 2.52 bits per heavy atom. The molecule has 0 saturated heterocycles. The second-order valence-corrected chi connectivity index (χ2v) is 5.95. The smallest absolute Gasteiger partial charge is 0.258 e. The van der Waals surface area contributed by atoms with Crippen LogP contribution in [0.4, 0.5) is 5.95 Å². The molecule has 0 atom stereocenters. The summed E-state index contributed by atoms with van der Waals surface area (Å²) in [6.45, 7) is 1.81. The second kappa shape index (κ2) is 6.41. The maximum absolute atomic E-state index is 12.3. The number of amides is 1. The number of fused-ring (bicyclic) bond motifs is 1. The van der Waals surface area contributed by atoms with Gasteiger partial charge in [-0.1, -0.05) is 18.2 Å². The lowest BCUT2D eigenvalue weighted by Crippen LogP contribution is -2.12. The SMILES string of the molecule is Cc1cc(-c2ccc(O)c(O)c2)n2nc(NC(=O)c3ccccc3)nc2n1. The number of hydrogen-bond donors (Lipinski definition) is 3. The van der Waals surface area contributed by atoms with Gasteiger partial charge in [-0.25, -0.2) is 4.98 Å². The van der Waals surface area contributed by atoms with Gasteiger partial charge in [-0.05, 0) is 43.3 Å². The van der Waals surface area contributed by atoms with Gasteiger partial charge in [0.15, 0.2) is 11.5 Å². The molecule has 1 amide bonds. The van der Waals surface area contributed by atoms with E-state index in [4.69, 9.17) is 0 Å². The number of rotatable bonds is 3. The molecule has 0 aliphatic heterocycles. The Bertz CT molecular complexity index is 1150. The fourth-order valence-corrected chi connectivity index (χ4v) is 2.69. The van der Waals surface area contributed by atoms with Crippen molar-refractivity contribution in [2.75, 3.05) is 5.32 Å². The van der Waals surface area contributed by atoms with Crippen molar-refractivity contribution in [3.63, 3.8) is 0 Å². The zero-order valence-corrected chi connectivity index (χ0v) is 14.3. The number of phenols is 2. The molecule has 0 aliphatic carbocycles. The number of aromatic hydroxyl groups is 2. The first-order valence-electron chi connectivity index (χ1n) is 8.14. The van der Waals surface area contributed by atoms with E-state index >= 15 is 0 Å². The van der Waals surface area contributed by atoms with E-state index < -0.39 is 0 Å². The van der Waals surface area contributed by atoms with Crippen LogP contribution >= 0.6 is 0 Å². The summed E-state index contributed by atoms with van der Waals surface area (Å²) in [5.41, 5.74) is 2.41. The lowest BCUT2D eigenvalue weighted by atomic mass is 10.1. The van der Waals surface area contributed by atoms with E-state index in [0.717, 1.165) is 0 Å². The average Bonchev–Trinajstić information content (AvgIpc) is 3.06. The lowest BCUT2D eigenvalue weighted by molar-refractivity contribution is 0.102. The molecule has 27 heavy (non-hydrogen) atoms. The number of aromatic nitrogens is 4. The summed E-state index contributed by atoms with van der Waals surface area (Å²) in [4.78, 5) is 20.9. The molecule has 4 rings (SSSR count). The molecule has 3 N–H and O–H groups in total. The Hall–Kier alpha value is -3.94. The van der Waals surface area contributed by atoms with Crippen molar-refractivity contribution in [3.05, 3.63) is 65.9 Å². The fourth-order valence-electron chi connectivity index (χ4n) is 2.69. The summed E-state index contributed by atoms with van der Waals surface area (Å²) < 4.78 is 1.47. The van der Waals surface area contributed by atoms with Crippen LogP contribution in [0.3, 0.4) is 0 Å². The normalized spacial score (nSPS) is 10.9. The summed E-state index contributed by atoms with van der Waals surface area (Å²) >= 11 is 0. The molecular formula is C19H15N5O3. The van der Waals surface area contributed by atoms with E-state index in [1.165, 1.54) is 16.6 Å². The minimum absolute atomic E-state index is 0.117. The molecule has 0 unspecified atom stereocenters. The van der Waals surface area contributed by atoms with Crippen molar-refractivity contribution >= 4 is 17.6 Å². The Morgan fingerprint density at radius 1 is 1.00 bits per heavy atom. The van der Waals surface area contributed by atoms with Gasteiger partial charge >= 0.3 is 0 Å². The molecule has 0 bridgehead atoms. The molecule has 4 aromatic rings. The van der Waals surface area contributed by atoms with Gasteiger partial charge in [0.2, 0.25) is 0 Å². The molecule has 0 aliphatic rings. The van der Waals surface area contributed by atoms with E-state index in [0.29, 0.717) is 28.3 Å². The van der Waals surface area contributed by atoms with Crippen LogP contribution in [-0.4, -0.2) is 35.7 Å². The van der Waals surface area contributed by atoms with E-state index in [9.17, 15) is 15.0 Å². The van der Waals surface area contributed by atoms with E-state index in [-0.39, 0.29) is 23.4 Å². The van der Waals surface area contributed by atoms with Crippen molar-refractivity contribution in [2.24, 2.45) is 0 Å². The van der Waals surface area contributed by atoms with Crippen molar-refractivity contribution in [3.8, 4) is 22.8 Å². The quantitative estimate of drug-likeness (QED) is 0.484. The topological polar surface area (TPSA) is 113 Å². The summed E-state index contributed by atoms with van der Waals surface area (Å²) in [6.07, 6.45) is 0. The maximum Gasteiger partial charge on any atom is 0.258 e. The highest BCUT2D eigenvalue weighted by Gasteiger charge is 2.15. The van der Waals surface area contributed by atoms with Gasteiger partial charge in [0, 0.05) is 16.8 Å². The Balaban J connectivity index is 1.76. The minimum Gasteiger partial charge on any atom is -0.504 e. The summed E-state index contributed by atoms with van der Waals surface area (Å²) in [5.74, 6) is -0.359. The molecule has 2 aromatic heterocycles. The fraction of sp³-hybridized carbons (Fsp3) is 0.0526. The van der Waals surface area contributed by atoms with Crippen LogP contribution in [0.15, 0.2) is 54.6 Å². The number of nitrogens with zero attached hydrogens (tertiary/aromatic N) is 4. The van der Waals surface area contributed by atoms with Crippen LogP contribution in [0.25, 0.3) is 17.0 Å². The van der Waals surface area contributed by atoms with Crippen molar-refractivity contribution in [1.82, 2.24) is 19.6 Å². The lowest BCUT2D eigenvalue weighted by Gasteiger charge is -2.06. The van der Waals surface area contributed by atoms with Crippen molar-refractivity contribution in [1.29, 1.82) is 0 Å². The largest absolute Gasteiger partial charge is 0.504 e. The summed E-state index contributed by atoms with van der Waals surface area (Å²) in [7, 11) is 0. The third-order valence-electron chi connectivity index (χ3n) is 3.97. The Morgan fingerprint density at radius 2 is 1.78 bits per heavy atom. The molecule has 0 spiro atoms. The van der Waals surface area contributed by atoms with E-state index in [1.54, 1.807) is 43.3 Å². The van der Waals surface area contributed by atoms with Gasteiger partial charge < -0.3 is 10.2 Å². The van der Waals surface area contributed by atoms with Crippen molar-refractivity contribution in [2.45, 2.75) is 6.92 Å². The van der Waals surface area contributed by atoms with Gasteiger partial charge in [-0.2, -0.15) is 9.50 Å². The predicted molar refractivity (Wildman–Crippen MR) is 98.7 cm³/mol. The van der Waals surface area contributed by atoms with E-state index in [2.05, 4.69) is 20.4 Å². The molecule has 8 nitrogen and oxygen atoms in total. The number of phenolic OH excluding ortho intramolecular Hbond substituents is 2. The van der Waals surface area contributed by atoms with Crippen LogP contribution in [-0.2, 0) is 0 Å². The predicted octanol–water partition coefficient (Wildman–Crippen LogP) is 2.76. The molecule has 0 fully saturated rings. The first-order valence-corrected chi connectivity index (χ1v) is 8.14. The second-order valence-electron chi connectivity index (χ2n) is 5.95. The van der Waals surface area contributed by atoms with Gasteiger partial charge in [0.25, 0.3) is 17.6 Å². The van der Waals surface area contributed by atoms with Crippen molar-refractivity contribution < 1.29 is 15.0 Å². The Labute approximate surface area is 153 Å². The van der Waals surface area contributed by atoms with Crippen LogP contribution in [0.2, 0.25) is 0 Å². The number of anilines is 1. The molecular weight excluding hydrogens is 346 g/mol. The van der Waals surface area contributed by atoms with Crippen LogP contribution in [0.1, 0.15) is 16.1 Å². The number of aryl methyl sites for hydroxylation is 1. The van der Waals surface area contributed by atoms with Crippen LogP contribution in [0.5, 0.6) is 11.5 Å². The highest BCUT2D eigenvalue weighted by Crippen LogP contribution is 2.30. The molecule has 0 saturated carbocycles. The molecule has 134 valence electrons. The number of benzene rings is 2. The highest BCUT2D eigenvalue weighted by atomic mass is 16.3. The standard InChI is InChI=1S/C19H15N5O3/c1-11-9-14(13-7-8-15(25)16(26)10-13)24-19(20-11)22-18(23-24)21-17(27)12-5-3-2-4-6-12/h2-10,25-26H,1H3,(H,21,23,27). The number of carbonyl (C=O) groups excluding carboxylic acids is 1. The monoisotopic (exact) mass is 361 g/mol. The Kier molecular flexibility index (Phi) is 3.92. The molecule has 0 radical (unpaired) electrons. The third kappa shape index (κ3) is 3.15. The number of hydrogen-bond acceptors (Lipinski definition) is 6. The zero-order chi connectivity index (χ0) is 19.0. The van der Waals surface area contributed by atoms with Gasteiger partial charge in [-0.15, -0.1) is 5.10 Å². The molecule has 8 heteroatoms. The van der Waals surface area contributed by atoms with Gasteiger partial charge in [-0.3, -0.25) is 10.1 Å². The number of carbonyl (C=O) groups is 1. The summed E-state index contributed by atoms with van der Waals surface area (Å²) in [5, 5.41) is 26.3. The van der Waals surface area contributed by atoms with Gasteiger partial charge in [0.05, 0.1) is 5.69 Å². The molecule has 2 heterocycles. The summed E-state index contributed by atoms with van der Waals surface area (Å²) in [6, 6.07) is 15.0. The van der Waals surface area contributed by atoms with Gasteiger partial charge in [0.1, 0.15) is 0 Å². The number of nitrogens with one attached hydrogen (secondary N) is 1. The first kappa shape index (κ1) is 16.5. The minimum atomic E-state index is -0.327. The maximum atomic E-state index is 12.3. The highest BCUT2D eigenvalue weighted by molar-refractivity contribution is 6.03. The average molecular weight is 361 g/mol.